The quantitative estimate of drug-likeness (QED) is 0.364. The van der Waals surface area contributed by atoms with Gasteiger partial charge in [0.15, 0.2) is 5.96 Å². The molecule has 1 heterocycles. The Morgan fingerprint density at radius 1 is 1.17 bits per heavy atom. The fourth-order valence-corrected chi connectivity index (χ4v) is 2.83. The maximum absolute atomic E-state index is 4.65. The van der Waals surface area contributed by atoms with Gasteiger partial charge in [0, 0.05) is 32.4 Å². The number of guanidine groups is 1. The Kier molecular flexibility index (Phi) is 11.1. The molecule has 1 rings (SSSR count). The molecule has 0 bridgehead atoms. The molecular weight excluding hydrogens is 318 g/mol. The number of rotatable bonds is 11. The van der Waals surface area contributed by atoms with Crippen molar-refractivity contribution in [2.75, 3.05) is 43.1 Å². The van der Waals surface area contributed by atoms with Crippen LogP contribution in [0.5, 0.6) is 0 Å². The van der Waals surface area contributed by atoms with Gasteiger partial charge in [0.25, 0.3) is 0 Å². The van der Waals surface area contributed by atoms with Crippen LogP contribution in [0.3, 0.4) is 0 Å². The summed E-state index contributed by atoms with van der Waals surface area (Å²) in [4.78, 5) is 11.4. The van der Waals surface area contributed by atoms with Crippen LogP contribution in [-0.4, -0.2) is 49.1 Å². The lowest BCUT2D eigenvalue weighted by molar-refractivity contribution is 0.734. The number of aromatic nitrogens is 1. The van der Waals surface area contributed by atoms with Gasteiger partial charge < -0.3 is 15.5 Å². The van der Waals surface area contributed by atoms with E-state index in [1.54, 1.807) is 0 Å². The van der Waals surface area contributed by atoms with Crippen molar-refractivity contribution in [2.45, 2.75) is 40.2 Å². The van der Waals surface area contributed by atoms with Crippen molar-refractivity contribution < 1.29 is 0 Å². The van der Waals surface area contributed by atoms with Crippen molar-refractivity contribution in [1.29, 1.82) is 0 Å². The maximum Gasteiger partial charge on any atom is 0.191 e. The summed E-state index contributed by atoms with van der Waals surface area (Å²) in [5.74, 6) is 3.14. The first-order valence-corrected chi connectivity index (χ1v) is 10.3. The second kappa shape index (κ2) is 12.9. The molecule has 1 aromatic heterocycles. The number of hydrogen-bond donors (Lipinski definition) is 2. The molecule has 0 amide bonds. The van der Waals surface area contributed by atoms with E-state index in [9.17, 15) is 0 Å². The van der Waals surface area contributed by atoms with Gasteiger partial charge in [-0.3, -0.25) is 0 Å². The van der Waals surface area contributed by atoms with Gasteiger partial charge in [-0.25, -0.2) is 9.98 Å². The predicted molar refractivity (Wildman–Crippen MR) is 108 cm³/mol. The number of pyridine rings is 1. The molecule has 0 fully saturated rings. The third kappa shape index (κ3) is 7.90. The Hall–Kier alpha value is -1.43. The molecular formula is C18H33N5S. The van der Waals surface area contributed by atoms with Gasteiger partial charge in [0.2, 0.25) is 0 Å². The number of aliphatic imine (C=N–C) groups is 1. The summed E-state index contributed by atoms with van der Waals surface area (Å²) in [6, 6.07) is 4.20. The Bertz CT molecular complexity index is 457. The molecule has 0 radical (unpaired) electrons. The molecule has 0 unspecified atom stereocenters. The zero-order chi connectivity index (χ0) is 17.6. The van der Waals surface area contributed by atoms with Crippen molar-refractivity contribution in [3.05, 3.63) is 23.9 Å². The van der Waals surface area contributed by atoms with Gasteiger partial charge in [-0.2, -0.15) is 11.8 Å². The molecule has 0 aromatic carbocycles. The Morgan fingerprint density at radius 2 is 1.96 bits per heavy atom. The summed E-state index contributed by atoms with van der Waals surface area (Å²) in [6.07, 6.45) is 6.49. The minimum atomic E-state index is 0.645. The van der Waals surface area contributed by atoms with E-state index in [4.69, 9.17) is 0 Å². The van der Waals surface area contributed by atoms with Gasteiger partial charge in [-0.15, -0.1) is 0 Å². The second-order valence-corrected chi connectivity index (χ2v) is 6.50. The highest BCUT2D eigenvalue weighted by Gasteiger charge is 2.03. The first kappa shape index (κ1) is 20.6. The van der Waals surface area contributed by atoms with Crippen molar-refractivity contribution in [3.63, 3.8) is 0 Å². The molecule has 0 saturated carbocycles. The topological polar surface area (TPSA) is 52.6 Å². The van der Waals surface area contributed by atoms with Crippen molar-refractivity contribution >= 4 is 23.5 Å². The van der Waals surface area contributed by atoms with E-state index in [-0.39, 0.29) is 0 Å². The third-order valence-corrected chi connectivity index (χ3v) is 4.43. The van der Waals surface area contributed by atoms with Crippen LogP contribution in [0.25, 0.3) is 0 Å². The van der Waals surface area contributed by atoms with E-state index < -0.39 is 0 Å². The van der Waals surface area contributed by atoms with Crippen LogP contribution < -0.4 is 15.5 Å². The van der Waals surface area contributed by atoms with E-state index in [0.717, 1.165) is 43.5 Å². The third-order valence-electron chi connectivity index (χ3n) is 3.73. The Morgan fingerprint density at radius 3 is 2.54 bits per heavy atom. The second-order valence-electron chi connectivity index (χ2n) is 5.52. The van der Waals surface area contributed by atoms with Crippen LogP contribution in [0, 0.1) is 0 Å². The van der Waals surface area contributed by atoms with Crippen LogP contribution >= 0.6 is 11.8 Å². The SMILES string of the molecule is CCNC(=NCc1ccc(N(CC)CC)nc1)NCCCCSC. The molecule has 0 spiro atoms. The first-order chi connectivity index (χ1) is 11.7. The molecule has 0 saturated heterocycles. The minimum Gasteiger partial charge on any atom is -0.357 e. The van der Waals surface area contributed by atoms with Gasteiger partial charge >= 0.3 is 0 Å². The standard InChI is InChI=1S/C18H33N5S/c1-5-19-18(20-12-8-9-13-24-4)22-15-16-10-11-17(21-14-16)23(6-2)7-3/h10-11,14H,5-9,12-13,15H2,1-4H3,(H2,19,20,22). The molecule has 136 valence electrons. The van der Waals surface area contributed by atoms with Gasteiger partial charge in [0.05, 0.1) is 6.54 Å². The Labute approximate surface area is 151 Å². The highest BCUT2D eigenvalue weighted by Crippen LogP contribution is 2.11. The minimum absolute atomic E-state index is 0.645. The maximum atomic E-state index is 4.65. The normalized spacial score (nSPS) is 11.4. The van der Waals surface area contributed by atoms with Crippen molar-refractivity contribution in [2.24, 2.45) is 4.99 Å². The monoisotopic (exact) mass is 351 g/mol. The van der Waals surface area contributed by atoms with E-state index in [0.29, 0.717) is 6.54 Å². The fraction of sp³-hybridized carbons (Fsp3) is 0.667. The van der Waals surface area contributed by atoms with E-state index in [2.05, 4.69) is 64.7 Å². The van der Waals surface area contributed by atoms with Crippen LogP contribution in [0.2, 0.25) is 0 Å². The van der Waals surface area contributed by atoms with Crippen molar-refractivity contribution in [1.82, 2.24) is 15.6 Å². The van der Waals surface area contributed by atoms with E-state index in [1.165, 1.54) is 18.6 Å². The number of nitrogens with zero attached hydrogens (tertiary/aromatic N) is 3. The number of thioether (sulfide) groups is 1. The molecule has 0 aliphatic carbocycles. The highest BCUT2D eigenvalue weighted by molar-refractivity contribution is 7.98. The smallest absolute Gasteiger partial charge is 0.191 e. The fourth-order valence-electron chi connectivity index (χ4n) is 2.34. The van der Waals surface area contributed by atoms with Crippen LogP contribution in [-0.2, 0) is 6.54 Å². The number of hydrogen-bond acceptors (Lipinski definition) is 4. The number of unbranched alkanes of at least 4 members (excludes halogenated alkanes) is 1. The first-order valence-electron chi connectivity index (χ1n) is 8.96. The van der Waals surface area contributed by atoms with Gasteiger partial charge in [-0.05, 0) is 57.3 Å². The molecule has 0 atom stereocenters. The summed E-state index contributed by atoms with van der Waals surface area (Å²) in [5, 5.41) is 6.70. The summed E-state index contributed by atoms with van der Waals surface area (Å²) in [7, 11) is 0. The average molecular weight is 352 g/mol. The number of nitrogens with one attached hydrogen (secondary N) is 2. The lowest BCUT2D eigenvalue weighted by Crippen LogP contribution is -2.37. The van der Waals surface area contributed by atoms with Gasteiger partial charge in [0.1, 0.15) is 5.82 Å². The van der Waals surface area contributed by atoms with E-state index >= 15 is 0 Å². The van der Waals surface area contributed by atoms with E-state index in [1.807, 2.05) is 18.0 Å². The molecule has 0 aliphatic heterocycles. The lowest BCUT2D eigenvalue weighted by Gasteiger charge is -2.19. The summed E-state index contributed by atoms with van der Waals surface area (Å²) >= 11 is 1.90. The molecule has 0 aliphatic rings. The lowest BCUT2D eigenvalue weighted by atomic mass is 10.3. The average Bonchev–Trinajstić information content (AvgIpc) is 2.61. The summed E-state index contributed by atoms with van der Waals surface area (Å²) in [6.45, 7) is 10.8. The summed E-state index contributed by atoms with van der Waals surface area (Å²) < 4.78 is 0. The zero-order valence-corrected chi connectivity index (χ0v) is 16.5. The molecule has 2 N–H and O–H groups in total. The van der Waals surface area contributed by atoms with Crippen LogP contribution in [0.15, 0.2) is 23.3 Å². The van der Waals surface area contributed by atoms with Gasteiger partial charge in [-0.1, -0.05) is 6.07 Å². The predicted octanol–water partition coefficient (Wildman–Crippen LogP) is 3.13. The highest BCUT2D eigenvalue weighted by atomic mass is 32.2. The van der Waals surface area contributed by atoms with Crippen molar-refractivity contribution in [3.8, 4) is 0 Å². The Balaban J connectivity index is 2.52. The van der Waals surface area contributed by atoms with Crippen LogP contribution in [0.4, 0.5) is 5.82 Å². The molecule has 24 heavy (non-hydrogen) atoms. The summed E-state index contributed by atoms with van der Waals surface area (Å²) in [5.41, 5.74) is 1.13. The molecule has 6 heteroatoms. The number of anilines is 1. The molecule has 1 aromatic rings. The van der Waals surface area contributed by atoms with Crippen LogP contribution in [0.1, 0.15) is 39.2 Å². The molecule has 5 nitrogen and oxygen atoms in total. The zero-order valence-electron chi connectivity index (χ0n) is 15.6. The largest absolute Gasteiger partial charge is 0.357 e.